The summed E-state index contributed by atoms with van der Waals surface area (Å²) in [6.07, 6.45) is 1.83. The van der Waals surface area contributed by atoms with E-state index in [1.54, 1.807) is 12.1 Å². The molecule has 0 unspecified atom stereocenters. The summed E-state index contributed by atoms with van der Waals surface area (Å²) in [7, 11) is 0. The summed E-state index contributed by atoms with van der Waals surface area (Å²) in [4.78, 5) is 0. The third-order valence-electron chi connectivity index (χ3n) is 3.12. The molecule has 0 saturated heterocycles. The second-order valence-electron chi connectivity index (χ2n) is 4.69. The van der Waals surface area contributed by atoms with Crippen LogP contribution in [0.5, 0.6) is 11.5 Å². The summed E-state index contributed by atoms with van der Waals surface area (Å²) < 4.78 is 11.3. The topological polar surface area (TPSA) is 42.2 Å². The highest BCUT2D eigenvalue weighted by molar-refractivity contribution is 5.34. The van der Waals surface area contributed by atoms with E-state index in [0.717, 1.165) is 24.3 Å². The molecule has 0 aliphatic heterocycles. The van der Waals surface area contributed by atoms with Crippen molar-refractivity contribution in [3.05, 3.63) is 59.7 Å². The Labute approximate surface area is 125 Å². The van der Waals surface area contributed by atoms with E-state index in [1.807, 2.05) is 24.3 Å². The van der Waals surface area contributed by atoms with Crippen molar-refractivity contribution in [2.75, 3.05) is 13.2 Å². The lowest BCUT2D eigenvalue weighted by Gasteiger charge is -2.09. The maximum absolute atomic E-state index is 8.71. The van der Waals surface area contributed by atoms with Crippen LogP contribution in [-0.4, -0.2) is 13.2 Å². The van der Waals surface area contributed by atoms with Crippen LogP contribution in [-0.2, 0) is 6.42 Å². The first-order valence-electron chi connectivity index (χ1n) is 7.16. The Morgan fingerprint density at radius 2 is 1.67 bits per heavy atom. The molecule has 108 valence electrons. The van der Waals surface area contributed by atoms with Crippen LogP contribution in [0.15, 0.2) is 48.5 Å². The summed E-state index contributed by atoms with van der Waals surface area (Å²) in [6, 6.07) is 17.4. The predicted octanol–water partition coefficient (Wildman–Crippen LogP) is 3.97. The molecule has 3 nitrogen and oxygen atoms in total. The molecule has 2 rings (SSSR count). The molecule has 0 saturated carbocycles. The van der Waals surface area contributed by atoms with Crippen molar-refractivity contribution >= 4 is 0 Å². The molecule has 0 aromatic heterocycles. The van der Waals surface area contributed by atoms with E-state index in [1.165, 1.54) is 5.56 Å². The highest BCUT2D eigenvalue weighted by Gasteiger charge is 1.97. The van der Waals surface area contributed by atoms with Crippen molar-refractivity contribution in [2.24, 2.45) is 0 Å². The first kappa shape index (κ1) is 14.9. The van der Waals surface area contributed by atoms with Gasteiger partial charge >= 0.3 is 0 Å². The Morgan fingerprint density at radius 1 is 0.952 bits per heavy atom. The van der Waals surface area contributed by atoms with Crippen LogP contribution < -0.4 is 9.47 Å². The zero-order valence-electron chi connectivity index (χ0n) is 12.2. The molecule has 0 atom stereocenters. The highest BCUT2D eigenvalue weighted by atomic mass is 16.5. The van der Waals surface area contributed by atoms with Gasteiger partial charge < -0.3 is 9.47 Å². The van der Waals surface area contributed by atoms with Crippen LogP contribution >= 0.6 is 0 Å². The first-order valence-corrected chi connectivity index (χ1v) is 7.16. The summed E-state index contributed by atoms with van der Waals surface area (Å²) in [5.74, 6) is 1.69. The number of nitriles is 1. The summed E-state index contributed by atoms with van der Waals surface area (Å²) in [6.45, 7) is 3.35. The lowest BCUT2D eigenvalue weighted by atomic mass is 10.2. The molecule has 0 spiro atoms. The van der Waals surface area contributed by atoms with Crippen LogP contribution in [0.3, 0.4) is 0 Å². The van der Waals surface area contributed by atoms with Gasteiger partial charge in [-0.1, -0.05) is 19.1 Å². The monoisotopic (exact) mass is 281 g/mol. The van der Waals surface area contributed by atoms with E-state index in [-0.39, 0.29) is 0 Å². The molecule has 0 fully saturated rings. The molecule has 3 heteroatoms. The van der Waals surface area contributed by atoms with E-state index < -0.39 is 0 Å². The molecule has 0 aliphatic rings. The highest BCUT2D eigenvalue weighted by Crippen LogP contribution is 2.14. The normalized spacial score (nSPS) is 9.90. The molecule has 0 radical (unpaired) electrons. The Hall–Kier alpha value is -2.47. The zero-order valence-corrected chi connectivity index (χ0v) is 12.2. The average molecular weight is 281 g/mol. The molecule has 2 aromatic rings. The van der Waals surface area contributed by atoms with E-state index in [9.17, 15) is 0 Å². The first-order chi connectivity index (χ1) is 10.3. The SMILES string of the molecule is CCc1cccc(OCCCOc2ccc(C#N)cc2)c1. The fourth-order valence-corrected chi connectivity index (χ4v) is 1.92. The van der Waals surface area contributed by atoms with Crippen LogP contribution in [0.25, 0.3) is 0 Å². The lowest BCUT2D eigenvalue weighted by molar-refractivity contribution is 0.247. The van der Waals surface area contributed by atoms with Gasteiger partial charge in [0.2, 0.25) is 0 Å². The third-order valence-corrected chi connectivity index (χ3v) is 3.12. The minimum absolute atomic E-state index is 0.597. The van der Waals surface area contributed by atoms with Crippen molar-refractivity contribution in [1.82, 2.24) is 0 Å². The van der Waals surface area contributed by atoms with Crippen LogP contribution in [0.1, 0.15) is 24.5 Å². The van der Waals surface area contributed by atoms with Crippen LogP contribution in [0.2, 0.25) is 0 Å². The Morgan fingerprint density at radius 3 is 2.33 bits per heavy atom. The molecule has 0 bridgehead atoms. The molecular formula is C18H19NO2. The van der Waals surface area contributed by atoms with Gasteiger partial charge in [0.25, 0.3) is 0 Å². The van der Waals surface area contributed by atoms with Crippen molar-refractivity contribution in [1.29, 1.82) is 5.26 Å². The molecule has 0 amide bonds. The van der Waals surface area contributed by atoms with Gasteiger partial charge in [-0.05, 0) is 48.4 Å². The van der Waals surface area contributed by atoms with Gasteiger partial charge in [-0.2, -0.15) is 5.26 Å². The molecule has 0 aliphatic carbocycles. The summed E-state index contributed by atoms with van der Waals surface area (Å²) in [5.41, 5.74) is 1.92. The minimum atomic E-state index is 0.597. The van der Waals surface area contributed by atoms with Gasteiger partial charge in [0.05, 0.1) is 24.8 Å². The standard InChI is InChI=1S/C18H19NO2/c1-2-15-5-3-6-18(13-15)21-12-4-11-20-17-9-7-16(14-19)8-10-17/h3,5-10,13H,2,4,11-12H2,1H3. The second-order valence-corrected chi connectivity index (χ2v) is 4.69. The Kier molecular flexibility index (Phi) is 5.66. The van der Waals surface area contributed by atoms with Crippen molar-refractivity contribution in [3.8, 4) is 17.6 Å². The van der Waals surface area contributed by atoms with Crippen LogP contribution in [0.4, 0.5) is 0 Å². The molecule has 2 aromatic carbocycles. The molecule has 21 heavy (non-hydrogen) atoms. The fourth-order valence-electron chi connectivity index (χ4n) is 1.92. The van der Waals surface area contributed by atoms with Crippen molar-refractivity contribution < 1.29 is 9.47 Å². The van der Waals surface area contributed by atoms with E-state index >= 15 is 0 Å². The van der Waals surface area contributed by atoms with Gasteiger partial charge in [0, 0.05) is 6.42 Å². The van der Waals surface area contributed by atoms with Gasteiger partial charge in [-0.3, -0.25) is 0 Å². The second kappa shape index (κ2) is 7.96. The third kappa shape index (κ3) is 4.85. The number of nitrogens with zero attached hydrogens (tertiary/aromatic N) is 1. The fraction of sp³-hybridized carbons (Fsp3) is 0.278. The number of hydrogen-bond acceptors (Lipinski definition) is 3. The Balaban J connectivity index is 1.68. The van der Waals surface area contributed by atoms with Gasteiger partial charge in [-0.15, -0.1) is 0 Å². The van der Waals surface area contributed by atoms with E-state index in [4.69, 9.17) is 14.7 Å². The van der Waals surface area contributed by atoms with Gasteiger partial charge in [0.1, 0.15) is 11.5 Å². The lowest BCUT2D eigenvalue weighted by Crippen LogP contribution is -2.05. The molecule has 0 heterocycles. The maximum atomic E-state index is 8.71. The average Bonchev–Trinajstić information content (AvgIpc) is 2.55. The summed E-state index contributed by atoms with van der Waals surface area (Å²) in [5, 5.41) is 8.71. The number of hydrogen-bond donors (Lipinski definition) is 0. The number of rotatable bonds is 7. The predicted molar refractivity (Wildman–Crippen MR) is 82.6 cm³/mol. The number of aryl methyl sites for hydroxylation is 1. The quantitative estimate of drug-likeness (QED) is 0.721. The largest absolute Gasteiger partial charge is 0.493 e. The van der Waals surface area contributed by atoms with Gasteiger partial charge in [0.15, 0.2) is 0 Å². The number of ether oxygens (including phenoxy) is 2. The molecular weight excluding hydrogens is 262 g/mol. The Bertz CT molecular complexity index is 599. The molecule has 0 N–H and O–H groups in total. The minimum Gasteiger partial charge on any atom is -0.493 e. The zero-order chi connectivity index (χ0) is 14.9. The van der Waals surface area contributed by atoms with Crippen LogP contribution in [0, 0.1) is 11.3 Å². The number of benzene rings is 2. The van der Waals surface area contributed by atoms with Crippen molar-refractivity contribution in [3.63, 3.8) is 0 Å². The summed E-state index contributed by atoms with van der Waals surface area (Å²) >= 11 is 0. The van der Waals surface area contributed by atoms with E-state index in [2.05, 4.69) is 25.1 Å². The van der Waals surface area contributed by atoms with E-state index in [0.29, 0.717) is 18.8 Å². The van der Waals surface area contributed by atoms with Crippen molar-refractivity contribution in [2.45, 2.75) is 19.8 Å². The van der Waals surface area contributed by atoms with Gasteiger partial charge in [-0.25, -0.2) is 0 Å². The maximum Gasteiger partial charge on any atom is 0.119 e. The smallest absolute Gasteiger partial charge is 0.119 e.